The first-order valence-corrected chi connectivity index (χ1v) is 6.57. The van der Waals surface area contributed by atoms with E-state index in [1.54, 1.807) is 6.92 Å². The fourth-order valence-electron chi connectivity index (χ4n) is 2.36. The van der Waals surface area contributed by atoms with Crippen LogP contribution in [0.3, 0.4) is 0 Å². The first-order valence-electron chi connectivity index (χ1n) is 6.57. The summed E-state index contributed by atoms with van der Waals surface area (Å²) < 4.78 is 5.06. The molecule has 0 radical (unpaired) electrons. The van der Waals surface area contributed by atoms with Gasteiger partial charge in [-0.2, -0.15) is 0 Å². The molecular formula is C14H24O3. The molecule has 1 aliphatic rings. The van der Waals surface area contributed by atoms with Crippen molar-refractivity contribution in [2.75, 3.05) is 13.2 Å². The molecule has 0 aromatic heterocycles. The molecule has 0 aromatic carbocycles. The molecule has 0 heterocycles. The van der Waals surface area contributed by atoms with Gasteiger partial charge in [-0.15, -0.1) is 0 Å². The fraction of sp³-hybridized carbons (Fsp3) is 0.786. The summed E-state index contributed by atoms with van der Waals surface area (Å²) in [5.74, 6) is 0.989. The SMILES string of the molecule is C=C(C)C(=O)OCCCC1CCC(CO)CC1. The van der Waals surface area contributed by atoms with E-state index in [0.29, 0.717) is 24.7 Å². The van der Waals surface area contributed by atoms with Crippen molar-refractivity contribution >= 4 is 5.97 Å². The van der Waals surface area contributed by atoms with Crippen molar-refractivity contribution in [2.24, 2.45) is 11.8 Å². The maximum atomic E-state index is 11.1. The lowest BCUT2D eigenvalue weighted by atomic mass is 9.80. The third-order valence-corrected chi connectivity index (χ3v) is 3.56. The summed E-state index contributed by atoms with van der Waals surface area (Å²) in [6.07, 6.45) is 6.77. The molecule has 1 rings (SSSR count). The van der Waals surface area contributed by atoms with Crippen LogP contribution in [-0.4, -0.2) is 24.3 Å². The van der Waals surface area contributed by atoms with Gasteiger partial charge in [-0.3, -0.25) is 0 Å². The molecule has 1 saturated carbocycles. The van der Waals surface area contributed by atoms with Gasteiger partial charge in [0.25, 0.3) is 0 Å². The van der Waals surface area contributed by atoms with Gasteiger partial charge < -0.3 is 9.84 Å². The van der Waals surface area contributed by atoms with Crippen molar-refractivity contribution in [2.45, 2.75) is 45.4 Å². The monoisotopic (exact) mass is 240 g/mol. The van der Waals surface area contributed by atoms with Crippen LogP contribution in [-0.2, 0) is 9.53 Å². The van der Waals surface area contributed by atoms with Crippen LogP contribution in [0.5, 0.6) is 0 Å². The molecule has 3 nitrogen and oxygen atoms in total. The molecular weight excluding hydrogens is 216 g/mol. The summed E-state index contributed by atoms with van der Waals surface area (Å²) in [5, 5.41) is 9.04. The van der Waals surface area contributed by atoms with E-state index < -0.39 is 0 Å². The molecule has 1 N–H and O–H groups in total. The number of hydrogen-bond donors (Lipinski definition) is 1. The largest absolute Gasteiger partial charge is 0.462 e. The van der Waals surface area contributed by atoms with Gasteiger partial charge in [-0.1, -0.05) is 19.4 Å². The van der Waals surface area contributed by atoms with Crippen LogP contribution < -0.4 is 0 Å². The Bertz CT molecular complexity index is 252. The molecule has 0 bridgehead atoms. The maximum absolute atomic E-state index is 11.1. The molecule has 0 aliphatic heterocycles. The molecule has 0 atom stereocenters. The molecule has 1 aliphatic carbocycles. The summed E-state index contributed by atoms with van der Waals surface area (Å²) in [5.41, 5.74) is 0.466. The number of aliphatic hydroxyl groups is 1. The molecule has 0 aromatic rings. The van der Waals surface area contributed by atoms with E-state index in [4.69, 9.17) is 9.84 Å². The van der Waals surface area contributed by atoms with Crippen LogP contribution in [0, 0.1) is 11.8 Å². The number of ether oxygens (including phenoxy) is 1. The average molecular weight is 240 g/mol. The number of carbonyl (C=O) groups excluding carboxylic acids is 1. The van der Waals surface area contributed by atoms with Gasteiger partial charge in [0.2, 0.25) is 0 Å². The molecule has 98 valence electrons. The Hall–Kier alpha value is -0.830. The smallest absolute Gasteiger partial charge is 0.333 e. The highest BCUT2D eigenvalue weighted by Gasteiger charge is 2.20. The van der Waals surface area contributed by atoms with Crippen LogP contribution in [0.2, 0.25) is 0 Å². The molecule has 17 heavy (non-hydrogen) atoms. The lowest BCUT2D eigenvalue weighted by molar-refractivity contribution is -0.139. The van der Waals surface area contributed by atoms with Crippen molar-refractivity contribution in [1.29, 1.82) is 0 Å². The zero-order valence-corrected chi connectivity index (χ0v) is 10.8. The summed E-state index contributed by atoms with van der Waals surface area (Å²) in [6, 6.07) is 0. The molecule has 3 heteroatoms. The maximum Gasteiger partial charge on any atom is 0.333 e. The highest BCUT2D eigenvalue weighted by Crippen LogP contribution is 2.31. The lowest BCUT2D eigenvalue weighted by Gasteiger charge is -2.27. The first-order chi connectivity index (χ1) is 8.13. The summed E-state index contributed by atoms with van der Waals surface area (Å²) in [7, 11) is 0. The molecule has 1 fully saturated rings. The van der Waals surface area contributed by atoms with E-state index >= 15 is 0 Å². The second kappa shape index (κ2) is 7.49. The van der Waals surface area contributed by atoms with Gasteiger partial charge in [0.1, 0.15) is 0 Å². The zero-order valence-electron chi connectivity index (χ0n) is 10.8. The predicted molar refractivity (Wildman–Crippen MR) is 67.5 cm³/mol. The van der Waals surface area contributed by atoms with Crippen molar-refractivity contribution in [1.82, 2.24) is 0 Å². The predicted octanol–water partition coefficient (Wildman–Crippen LogP) is 2.68. The Morgan fingerprint density at radius 1 is 1.29 bits per heavy atom. The molecule has 0 spiro atoms. The number of rotatable bonds is 6. The molecule has 0 amide bonds. The minimum Gasteiger partial charge on any atom is -0.462 e. The first kappa shape index (κ1) is 14.2. The van der Waals surface area contributed by atoms with Crippen molar-refractivity contribution in [3.05, 3.63) is 12.2 Å². The van der Waals surface area contributed by atoms with Gasteiger partial charge in [0, 0.05) is 12.2 Å². The third-order valence-electron chi connectivity index (χ3n) is 3.56. The standard InChI is InChI=1S/C14H24O3/c1-11(2)14(16)17-9-3-4-12-5-7-13(10-15)8-6-12/h12-13,15H,1,3-10H2,2H3. The minimum absolute atomic E-state index is 0.283. The van der Waals surface area contributed by atoms with E-state index in [1.807, 2.05) is 0 Å². The Morgan fingerprint density at radius 2 is 1.88 bits per heavy atom. The van der Waals surface area contributed by atoms with Gasteiger partial charge in [0.05, 0.1) is 6.61 Å². The second-order valence-corrected chi connectivity index (χ2v) is 5.13. The van der Waals surface area contributed by atoms with Crippen LogP contribution in [0.25, 0.3) is 0 Å². The van der Waals surface area contributed by atoms with E-state index in [-0.39, 0.29) is 5.97 Å². The van der Waals surface area contributed by atoms with E-state index in [2.05, 4.69) is 6.58 Å². The zero-order chi connectivity index (χ0) is 12.7. The topological polar surface area (TPSA) is 46.5 Å². The second-order valence-electron chi connectivity index (χ2n) is 5.13. The van der Waals surface area contributed by atoms with E-state index in [1.165, 1.54) is 12.8 Å². The van der Waals surface area contributed by atoms with Gasteiger partial charge in [-0.05, 0) is 44.4 Å². The minimum atomic E-state index is -0.283. The van der Waals surface area contributed by atoms with E-state index in [0.717, 1.165) is 31.6 Å². The van der Waals surface area contributed by atoms with Crippen molar-refractivity contribution in [3.8, 4) is 0 Å². The Labute approximate surface area is 104 Å². The van der Waals surface area contributed by atoms with Crippen LogP contribution in [0.15, 0.2) is 12.2 Å². The molecule has 0 unspecified atom stereocenters. The quantitative estimate of drug-likeness (QED) is 0.441. The number of aliphatic hydroxyl groups excluding tert-OH is 1. The Kier molecular flexibility index (Phi) is 6.27. The Morgan fingerprint density at radius 3 is 2.41 bits per heavy atom. The van der Waals surface area contributed by atoms with Gasteiger partial charge in [0.15, 0.2) is 0 Å². The van der Waals surface area contributed by atoms with Crippen molar-refractivity contribution in [3.63, 3.8) is 0 Å². The molecule has 0 saturated heterocycles. The van der Waals surface area contributed by atoms with E-state index in [9.17, 15) is 4.79 Å². The normalized spacial score (nSPS) is 24.4. The van der Waals surface area contributed by atoms with Crippen LogP contribution >= 0.6 is 0 Å². The summed E-state index contributed by atoms with van der Waals surface area (Å²) >= 11 is 0. The number of carbonyl (C=O) groups is 1. The van der Waals surface area contributed by atoms with Gasteiger partial charge >= 0.3 is 5.97 Å². The summed E-state index contributed by atoms with van der Waals surface area (Å²) in [4.78, 5) is 11.1. The summed E-state index contributed by atoms with van der Waals surface area (Å²) in [6.45, 7) is 6.05. The van der Waals surface area contributed by atoms with Gasteiger partial charge in [-0.25, -0.2) is 4.79 Å². The van der Waals surface area contributed by atoms with Crippen LogP contribution in [0.1, 0.15) is 45.4 Å². The highest BCUT2D eigenvalue weighted by atomic mass is 16.5. The van der Waals surface area contributed by atoms with Crippen molar-refractivity contribution < 1.29 is 14.6 Å². The Balaban J connectivity index is 2.04. The highest BCUT2D eigenvalue weighted by molar-refractivity contribution is 5.86. The lowest BCUT2D eigenvalue weighted by Crippen LogP contribution is -2.17. The fourth-order valence-corrected chi connectivity index (χ4v) is 2.36. The van der Waals surface area contributed by atoms with Crippen LogP contribution in [0.4, 0.5) is 0 Å². The average Bonchev–Trinajstić information content (AvgIpc) is 2.35. The third kappa shape index (κ3) is 5.35. The number of hydrogen-bond acceptors (Lipinski definition) is 3. The number of esters is 1.